The van der Waals surface area contributed by atoms with Crippen LogP contribution in [0.4, 0.5) is 9.59 Å². The lowest BCUT2D eigenvalue weighted by molar-refractivity contribution is 0.0381. The third-order valence-corrected chi connectivity index (χ3v) is 53.9. The average molecular weight is 1350 g/mol. The molecule has 2 unspecified atom stereocenters. The Morgan fingerprint density at radius 2 is 0.836 bits per heavy atom. The molecular formula is C26H48N2O6S27. The van der Waals surface area contributed by atoms with E-state index in [-0.39, 0.29) is 23.8 Å². The Morgan fingerprint density at radius 3 is 1.10 bits per heavy atom. The minimum absolute atomic E-state index is 0.0139. The first-order chi connectivity index (χ1) is 29.0. The summed E-state index contributed by atoms with van der Waals surface area (Å²) >= 11 is 18.8. The number of carbonyl (C=O) groups excluding carboxylic acids is 2. The standard InChI is InChI=1S/C10H19NO3.C10H17NO2.C6H12O.S14.S13/c1-10(2,3)14-9(13)11-7-5-4-6-8(7)12;1-10(2,3)13-9(12)11-7-5-4-6-8(7)11;1-5-3-2-4-6(5)7;1-3-5-7-9-11-13-14-12-10-8-6-4-2;1-3-5-7-9-11-13-12-10-8-6-4-2/h7-8,12H,4-6H2,1-3H3,(H,11,13);7-8H,4-6H2,1-3H3;5-7H,2-4H2,1H3;;/t7-,8-;;5-,6-;;/m0.0../s1. The van der Waals surface area contributed by atoms with Crippen molar-refractivity contribution in [3.05, 3.63) is 0 Å². The predicted molar refractivity (Wildman–Crippen MR) is 330 cm³/mol. The summed E-state index contributed by atoms with van der Waals surface area (Å²) in [5.41, 5.74) is -0.832. The van der Waals surface area contributed by atoms with Gasteiger partial charge in [-0.2, -0.15) is 0 Å². The van der Waals surface area contributed by atoms with Gasteiger partial charge in [0.1, 0.15) is 11.2 Å². The number of likely N-dealkylation sites (tertiary alicyclic amines) is 1. The zero-order valence-corrected chi connectivity index (χ0v) is 55.4. The number of ether oxygens (including phenoxy) is 2. The quantitative estimate of drug-likeness (QED) is 0.321. The van der Waals surface area contributed by atoms with Gasteiger partial charge in [0.15, 0.2) is 0 Å². The van der Waals surface area contributed by atoms with E-state index in [9.17, 15) is 14.7 Å². The van der Waals surface area contributed by atoms with E-state index in [2.05, 4.69) is 12.2 Å². The topological polar surface area (TPSA) is 108 Å². The maximum Gasteiger partial charge on any atom is 0.410 e. The Labute approximate surface area is 446 Å². The lowest BCUT2D eigenvalue weighted by Gasteiger charge is -2.22. The number of hydrogen-bond donors (Lipinski definition) is 3. The van der Waals surface area contributed by atoms with Crippen molar-refractivity contribution >= 4 is 261 Å². The third-order valence-electron chi connectivity index (χ3n) is 7.25. The van der Waals surface area contributed by atoms with Crippen molar-refractivity contribution in [3.63, 3.8) is 0 Å². The Morgan fingerprint density at radius 1 is 0.508 bits per heavy atom. The number of aliphatic hydroxyl groups excluding tert-OH is 2. The molecule has 0 radical (unpaired) electrons. The highest BCUT2D eigenvalue weighted by Gasteiger charge is 2.54. The zero-order valence-electron chi connectivity index (χ0n) is 33.3. The lowest BCUT2D eigenvalue weighted by atomic mass is 10.1. The van der Waals surface area contributed by atoms with E-state index in [1.165, 1.54) is 67.6 Å². The Kier molecular flexibility index (Phi) is 45.2. The van der Waals surface area contributed by atoms with Crippen molar-refractivity contribution in [1.82, 2.24) is 10.2 Å². The molecule has 4 rings (SSSR count). The van der Waals surface area contributed by atoms with E-state index in [1.807, 2.05) is 46.4 Å². The van der Waals surface area contributed by atoms with Gasteiger partial charge in [-0.15, -0.1) is 0 Å². The van der Waals surface area contributed by atoms with Gasteiger partial charge in [0.25, 0.3) is 0 Å². The van der Waals surface area contributed by atoms with E-state index in [0.717, 1.165) is 25.7 Å². The van der Waals surface area contributed by atoms with Gasteiger partial charge < -0.3 is 25.0 Å². The molecule has 0 aromatic rings. The second-order valence-electron chi connectivity index (χ2n) is 13.7. The molecule has 360 valence electrons. The van der Waals surface area contributed by atoms with Crippen LogP contribution in [0.1, 0.15) is 106 Å². The first-order valence-electron chi connectivity index (χ1n) is 17.2. The normalized spacial score (nSPS) is 21.0. The van der Waals surface area contributed by atoms with Crippen LogP contribution in [0, 0.1) is 5.92 Å². The van der Waals surface area contributed by atoms with Crippen LogP contribution in [-0.2, 0) is 258 Å². The highest BCUT2D eigenvalue weighted by molar-refractivity contribution is 8.77. The molecular weight excluding hydrogens is 1300 g/mol. The van der Waals surface area contributed by atoms with Crippen molar-refractivity contribution in [3.8, 4) is 0 Å². The van der Waals surface area contributed by atoms with Crippen LogP contribution in [0.3, 0.4) is 0 Å². The summed E-state index contributed by atoms with van der Waals surface area (Å²) in [5, 5.41) is 21.1. The number of piperidine rings is 1. The minimum Gasteiger partial charge on any atom is -0.444 e. The van der Waals surface area contributed by atoms with Gasteiger partial charge in [0.05, 0.1) is 30.3 Å². The molecule has 1 aliphatic heterocycles. The SMILES string of the molecule is CC(C)(C)OC(=O)N1C2CCCC21.CC(C)(C)OC(=O)N[C@H]1CCC[C@@H]1O.C[C@H]1CCC[C@@H]1O.S=S=S=S=S=S=S=S=S=S=S=S=S.S=S=S=S=S=S=S=S=S=S=S=S=S=S. The summed E-state index contributed by atoms with van der Waals surface area (Å²) < 4.78 is 10.4. The van der Waals surface area contributed by atoms with Gasteiger partial charge >= 0.3 is 12.2 Å². The largest absolute Gasteiger partial charge is 0.444 e. The second-order valence-corrected chi connectivity index (χ2v) is 54.4. The number of alkyl carbamates (subject to hydrolysis) is 1. The fraction of sp³-hybridized carbons (Fsp3) is 0.923. The van der Waals surface area contributed by atoms with Gasteiger partial charge in [-0.3, -0.25) is 4.90 Å². The molecule has 3 N–H and O–H groups in total. The molecule has 0 aromatic heterocycles. The number of aliphatic hydroxyl groups is 2. The maximum atomic E-state index is 11.5. The predicted octanol–water partition coefficient (Wildman–Crippen LogP) is 4.69. The van der Waals surface area contributed by atoms with Crippen LogP contribution in [0.2, 0.25) is 0 Å². The lowest BCUT2D eigenvalue weighted by Crippen LogP contribution is -2.42. The smallest absolute Gasteiger partial charge is 0.410 e. The van der Waals surface area contributed by atoms with Gasteiger partial charge in [-0.05, 0) is 98.8 Å². The van der Waals surface area contributed by atoms with Crippen LogP contribution in [0.25, 0.3) is 0 Å². The molecule has 2 amide bonds. The van der Waals surface area contributed by atoms with Crippen LogP contribution in [0.15, 0.2) is 0 Å². The van der Waals surface area contributed by atoms with Crippen molar-refractivity contribution in [1.29, 1.82) is 0 Å². The first kappa shape index (κ1) is 65.4. The Bertz CT molecular complexity index is 2340. The highest BCUT2D eigenvalue weighted by atomic mass is 33.5. The van der Waals surface area contributed by atoms with E-state index in [4.69, 9.17) is 59.3 Å². The number of nitrogens with zero attached hydrogens (tertiary/aromatic N) is 1. The number of amides is 2. The molecule has 35 heteroatoms. The number of nitrogens with one attached hydrogen (secondary N) is 1. The molecule has 3 aliphatic carbocycles. The molecule has 1 saturated heterocycles. The summed E-state index contributed by atoms with van der Waals surface area (Å²) in [6.07, 6.45) is 8.68. The molecule has 0 spiro atoms. The Balaban J connectivity index is 0.000000747. The van der Waals surface area contributed by atoms with Crippen LogP contribution < -0.4 is 5.32 Å². The maximum absolute atomic E-state index is 11.5. The molecule has 8 nitrogen and oxygen atoms in total. The number of hydrogen-bond acceptors (Lipinski definition) is 10. The number of rotatable bonds is 1. The average Bonchev–Trinajstić information content (AvgIpc) is 3.49. The van der Waals surface area contributed by atoms with Gasteiger partial charge in [0, 0.05) is 249 Å². The molecule has 4 aliphatic rings. The summed E-state index contributed by atoms with van der Waals surface area (Å²) in [6, 6.07) is 0.884. The van der Waals surface area contributed by atoms with Crippen molar-refractivity contribution in [2.24, 2.45) is 5.92 Å². The molecule has 0 aromatic carbocycles. The zero-order chi connectivity index (χ0) is 45.9. The highest BCUT2D eigenvalue weighted by Crippen LogP contribution is 2.43. The molecule has 1 heterocycles. The van der Waals surface area contributed by atoms with Crippen LogP contribution in [-0.4, -0.2) is 68.8 Å². The fourth-order valence-corrected chi connectivity index (χ4v) is 57.2. The van der Waals surface area contributed by atoms with Gasteiger partial charge in [-0.1, -0.05) is 13.3 Å². The van der Waals surface area contributed by atoms with Crippen LogP contribution in [0.5, 0.6) is 0 Å². The van der Waals surface area contributed by atoms with Gasteiger partial charge in [0.2, 0.25) is 0 Å². The minimum atomic E-state index is -0.479. The molecule has 4 fully saturated rings. The monoisotopic (exact) mass is 1350 g/mol. The summed E-state index contributed by atoms with van der Waals surface area (Å²) in [4.78, 5) is 24.7. The van der Waals surface area contributed by atoms with Crippen molar-refractivity contribution < 1.29 is 29.3 Å². The van der Waals surface area contributed by atoms with E-state index in [0.29, 0.717) is 18.0 Å². The molecule has 61 heavy (non-hydrogen) atoms. The molecule has 6 atom stereocenters. The Hall–Kier alpha value is 4.40. The number of carbonyl (C=O) groups is 2. The second kappa shape index (κ2) is 42.1. The third kappa shape index (κ3) is 39.8. The van der Waals surface area contributed by atoms with E-state index in [1.54, 1.807) is 169 Å². The van der Waals surface area contributed by atoms with Crippen molar-refractivity contribution in [2.75, 3.05) is 0 Å². The van der Waals surface area contributed by atoms with Crippen LogP contribution >= 0.6 is 0 Å². The number of fused-ring (bicyclic) bond motifs is 1. The fourth-order valence-electron chi connectivity index (χ4n) is 5.03. The van der Waals surface area contributed by atoms with Crippen molar-refractivity contribution in [2.45, 2.75) is 148 Å². The van der Waals surface area contributed by atoms with Gasteiger partial charge in [-0.25, -0.2) is 9.59 Å². The van der Waals surface area contributed by atoms with E-state index < -0.39 is 17.8 Å². The van der Waals surface area contributed by atoms with E-state index >= 15 is 0 Å². The first-order valence-corrected chi connectivity index (χ1v) is 50.5. The molecule has 3 saturated carbocycles. The summed E-state index contributed by atoms with van der Waals surface area (Å²) in [6.45, 7) is 13.3. The summed E-state index contributed by atoms with van der Waals surface area (Å²) in [7, 11) is 38.0. The summed E-state index contributed by atoms with van der Waals surface area (Å²) in [5.74, 6) is 0.569. The molecule has 0 bridgehead atoms.